The van der Waals surface area contributed by atoms with Gasteiger partial charge >= 0.3 is 5.97 Å². The lowest BCUT2D eigenvalue weighted by molar-refractivity contribution is -0.147. The molecule has 2 atom stereocenters. The number of carbonyl (C=O) groups excluding carboxylic acids is 1. The van der Waals surface area contributed by atoms with Gasteiger partial charge in [0.25, 0.3) is 0 Å². The van der Waals surface area contributed by atoms with Crippen molar-refractivity contribution in [2.75, 3.05) is 6.61 Å². The average Bonchev–Trinajstić information content (AvgIpc) is 2.24. The van der Waals surface area contributed by atoms with Gasteiger partial charge < -0.3 is 4.74 Å². The molecule has 0 amide bonds. The van der Waals surface area contributed by atoms with Crippen molar-refractivity contribution in [1.29, 1.82) is 0 Å². The Bertz CT molecular complexity index is 183. The van der Waals surface area contributed by atoms with Crippen LogP contribution in [0.15, 0.2) is 0 Å². The molecule has 0 radical (unpaired) electrons. The molecule has 0 aromatic rings. The van der Waals surface area contributed by atoms with Crippen LogP contribution in [-0.4, -0.2) is 17.4 Å². The third-order valence-corrected chi connectivity index (χ3v) is 3.50. The van der Waals surface area contributed by atoms with Gasteiger partial charge in [-0.3, -0.25) is 4.79 Å². The molecule has 0 bridgehead atoms. The minimum atomic E-state index is -0.0690. The summed E-state index contributed by atoms with van der Waals surface area (Å²) in [6.07, 6.45) is 7.17. The van der Waals surface area contributed by atoms with E-state index >= 15 is 0 Å². The van der Waals surface area contributed by atoms with Gasteiger partial charge in [0.2, 0.25) is 0 Å². The van der Waals surface area contributed by atoms with Gasteiger partial charge in [-0.25, -0.2) is 0 Å². The van der Waals surface area contributed by atoms with E-state index in [-0.39, 0.29) is 11.9 Å². The predicted octanol–water partition coefficient (Wildman–Crippen LogP) is 4.31. The summed E-state index contributed by atoms with van der Waals surface area (Å²) in [5.41, 5.74) is 0. The smallest absolute Gasteiger partial charge is 0.308 e. The molecule has 0 spiro atoms. The number of halogens is 1. The Morgan fingerprint density at radius 3 is 2.50 bits per heavy atom. The van der Waals surface area contributed by atoms with Crippen LogP contribution in [-0.2, 0) is 9.53 Å². The molecule has 0 saturated carbocycles. The summed E-state index contributed by atoms with van der Waals surface area (Å²) in [4.78, 5) is 11.9. The lowest BCUT2D eigenvalue weighted by atomic mass is 10.0. The molecule has 3 heteroatoms. The van der Waals surface area contributed by atoms with E-state index in [0.717, 1.165) is 12.8 Å². The number of unbranched alkanes of at least 4 members (excludes halogenated alkanes) is 3. The molecular weight excluding hydrogens is 268 g/mol. The van der Waals surface area contributed by atoms with Gasteiger partial charge in [0.05, 0.1) is 12.5 Å². The van der Waals surface area contributed by atoms with Crippen LogP contribution >= 0.6 is 15.9 Å². The van der Waals surface area contributed by atoms with Gasteiger partial charge in [-0.2, -0.15) is 0 Å². The number of esters is 1. The average molecular weight is 293 g/mol. The van der Waals surface area contributed by atoms with Crippen LogP contribution in [0.1, 0.15) is 59.3 Å². The zero-order valence-electron chi connectivity index (χ0n) is 10.8. The van der Waals surface area contributed by atoms with Crippen LogP contribution in [0, 0.1) is 5.92 Å². The molecule has 0 heterocycles. The van der Waals surface area contributed by atoms with E-state index in [2.05, 4.69) is 22.9 Å². The van der Waals surface area contributed by atoms with E-state index in [1.807, 2.05) is 13.8 Å². The maximum atomic E-state index is 11.4. The fourth-order valence-electron chi connectivity index (χ4n) is 1.67. The molecule has 0 rings (SSSR count). The van der Waals surface area contributed by atoms with Gasteiger partial charge in [0.1, 0.15) is 0 Å². The summed E-state index contributed by atoms with van der Waals surface area (Å²) in [5.74, 6) is -0.0593. The third-order valence-electron chi connectivity index (χ3n) is 2.67. The number of ether oxygens (including phenoxy) is 1. The SMILES string of the molecule is CCCCCCC(Br)CC(C)C(=O)OCC. The van der Waals surface area contributed by atoms with Crippen molar-refractivity contribution in [2.24, 2.45) is 5.92 Å². The Hall–Kier alpha value is -0.0500. The van der Waals surface area contributed by atoms with Crippen molar-refractivity contribution in [1.82, 2.24) is 0 Å². The fourth-order valence-corrected chi connectivity index (χ4v) is 2.56. The fraction of sp³-hybridized carbons (Fsp3) is 0.923. The molecule has 0 fully saturated rings. The summed E-state index contributed by atoms with van der Waals surface area (Å²) >= 11 is 3.64. The number of carbonyl (C=O) groups is 1. The highest BCUT2D eigenvalue weighted by molar-refractivity contribution is 9.09. The van der Waals surface area contributed by atoms with Crippen molar-refractivity contribution in [2.45, 2.75) is 64.1 Å². The van der Waals surface area contributed by atoms with Gasteiger partial charge in [0.15, 0.2) is 0 Å². The van der Waals surface area contributed by atoms with Gasteiger partial charge in [0, 0.05) is 4.83 Å². The number of rotatable bonds is 9. The van der Waals surface area contributed by atoms with Gasteiger partial charge in [-0.1, -0.05) is 55.5 Å². The van der Waals surface area contributed by atoms with E-state index in [1.165, 1.54) is 25.7 Å². The first-order chi connectivity index (χ1) is 7.61. The normalized spacial score (nSPS) is 14.5. The summed E-state index contributed by atoms with van der Waals surface area (Å²) < 4.78 is 4.99. The predicted molar refractivity (Wildman–Crippen MR) is 71.9 cm³/mol. The summed E-state index contributed by atoms with van der Waals surface area (Å²) in [7, 11) is 0. The minimum absolute atomic E-state index is 0.00972. The van der Waals surface area contributed by atoms with Crippen molar-refractivity contribution >= 4 is 21.9 Å². The first-order valence-electron chi connectivity index (χ1n) is 6.42. The second-order valence-electron chi connectivity index (χ2n) is 4.34. The Kier molecular flexibility index (Phi) is 10.1. The molecule has 16 heavy (non-hydrogen) atoms. The molecule has 2 unspecified atom stereocenters. The van der Waals surface area contributed by atoms with Crippen molar-refractivity contribution < 1.29 is 9.53 Å². The lowest BCUT2D eigenvalue weighted by Gasteiger charge is -2.14. The van der Waals surface area contributed by atoms with Gasteiger partial charge in [-0.15, -0.1) is 0 Å². The maximum absolute atomic E-state index is 11.4. The second kappa shape index (κ2) is 10.1. The lowest BCUT2D eigenvalue weighted by Crippen LogP contribution is -2.18. The van der Waals surface area contributed by atoms with Crippen molar-refractivity contribution in [3.05, 3.63) is 0 Å². The zero-order chi connectivity index (χ0) is 12.4. The number of hydrogen-bond acceptors (Lipinski definition) is 2. The van der Waals surface area contributed by atoms with Crippen LogP contribution in [0.25, 0.3) is 0 Å². The summed E-state index contributed by atoms with van der Waals surface area (Å²) in [6, 6.07) is 0. The van der Waals surface area contributed by atoms with Crippen LogP contribution in [0.3, 0.4) is 0 Å². The molecule has 2 nitrogen and oxygen atoms in total. The molecule has 0 aliphatic carbocycles. The third kappa shape index (κ3) is 8.14. The molecular formula is C13H25BrO2. The molecule has 0 aromatic carbocycles. The molecule has 0 aliphatic rings. The minimum Gasteiger partial charge on any atom is -0.466 e. The van der Waals surface area contributed by atoms with Crippen LogP contribution in [0.2, 0.25) is 0 Å². The first-order valence-corrected chi connectivity index (χ1v) is 7.34. The van der Waals surface area contributed by atoms with Crippen LogP contribution in [0.5, 0.6) is 0 Å². The quantitative estimate of drug-likeness (QED) is 0.360. The molecule has 0 aromatic heterocycles. The molecule has 0 saturated heterocycles. The zero-order valence-corrected chi connectivity index (χ0v) is 12.4. The Morgan fingerprint density at radius 2 is 1.94 bits per heavy atom. The molecule has 0 aliphatic heterocycles. The Labute approximate surface area is 108 Å². The summed E-state index contributed by atoms with van der Waals surface area (Å²) in [5, 5.41) is 0. The van der Waals surface area contributed by atoms with E-state index in [9.17, 15) is 4.79 Å². The highest BCUT2D eigenvalue weighted by Crippen LogP contribution is 2.20. The molecule has 0 N–H and O–H groups in total. The second-order valence-corrected chi connectivity index (χ2v) is 5.63. The first kappa shape index (κ1) is 16.0. The maximum Gasteiger partial charge on any atom is 0.308 e. The largest absolute Gasteiger partial charge is 0.466 e. The van der Waals surface area contributed by atoms with E-state index < -0.39 is 0 Å². The van der Waals surface area contributed by atoms with E-state index in [1.54, 1.807) is 0 Å². The number of alkyl halides is 1. The summed E-state index contributed by atoms with van der Waals surface area (Å²) in [6.45, 7) is 6.49. The number of hydrogen-bond donors (Lipinski definition) is 0. The Morgan fingerprint density at radius 1 is 1.25 bits per heavy atom. The topological polar surface area (TPSA) is 26.3 Å². The standard InChI is InChI=1S/C13H25BrO2/c1-4-6-7-8-9-12(14)10-11(3)13(15)16-5-2/h11-12H,4-10H2,1-3H3. The monoisotopic (exact) mass is 292 g/mol. The van der Waals surface area contributed by atoms with Crippen molar-refractivity contribution in [3.63, 3.8) is 0 Å². The highest BCUT2D eigenvalue weighted by Gasteiger charge is 2.17. The highest BCUT2D eigenvalue weighted by atomic mass is 79.9. The van der Waals surface area contributed by atoms with Crippen LogP contribution in [0.4, 0.5) is 0 Å². The Balaban J connectivity index is 3.60. The van der Waals surface area contributed by atoms with Crippen LogP contribution < -0.4 is 0 Å². The molecule has 96 valence electrons. The van der Waals surface area contributed by atoms with Crippen molar-refractivity contribution in [3.8, 4) is 0 Å². The van der Waals surface area contributed by atoms with Gasteiger partial charge in [-0.05, 0) is 19.8 Å². The van der Waals surface area contributed by atoms with E-state index in [4.69, 9.17) is 4.74 Å². The van der Waals surface area contributed by atoms with E-state index in [0.29, 0.717) is 11.4 Å².